The molecule has 4 rings (SSSR count). The van der Waals surface area contributed by atoms with E-state index in [1.165, 1.54) is 5.56 Å². The van der Waals surface area contributed by atoms with Gasteiger partial charge in [-0.15, -0.1) is 6.42 Å². The Bertz CT molecular complexity index is 1190. The van der Waals surface area contributed by atoms with Gasteiger partial charge in [-0.1, -0.05) is 79.4 Å². The zero-order valence-corrected chi connectivity index (χ0v) is 19.6. The maximum atomic E-state index is 6.45. The van der Waals surface area contributed by atoms with Crippen molar-refractivity contribution in [3.63, 3.8) is 0 Å². The SMILES string of the molecule is C#CCOc1ccc2c(c1)C(c1ccc(C(C)C)cc1)=NCN2Cc1cccc(Cl)c1Cl. The third-order valence-corrected chi connectivity index (χ3v) is 6.39. The van der Waals surface area contributed by atoms with Gasteiger partial charge in [-0.25, -0.2) is 0 Å². The van der Waals surface area contributed by atoms with Gasteiger partial charge in [0.25, 0.3) is 0 Å². The first-order valence-electron chi connectivity index (χ1n) is 10.5. The van der Waals surface area contributed by atoms with Crippen molar-refractivity contribution in [1.82, 2.24) is 0 Å². The van der Waals surface area contributed by atoms with Gasteiger partial charge < -0.3 is 9.64 Å². The second-order valence-corrected chi connectivity index (χ2v) is 8.79. The van der Waals surface area contributed by atoms with Gasteiger partial charge in [-0.3, -0.25) is 4.99 Å². The molecular weight excluding hydrogens is 439 g/mol. The fraction of sp³-hybridized carbons (Fsp3) is 0.222. The van der Waals surface area contributed by atoms with Crippen LogP contribution in [0.1, 0.15) is 42.0 Å². The molecule has 0 aliphatic carbocycles. The van der Waals surface area contributed by atoms with Gasteiger partial charge in [0, 0.05) is 23.4 Å². The van der Waals surface area contributed by atoms with E-state index in [1.54, 1.807) is 6.07 Å². The van der Waals surface area contributed by atoms with Crippen LogP contribution < -0.4 is 9.64 Å². The van der Waals surface area contributed by atoms with E-state index in [-0.39, 0.29) is 6.61 Å². The quantitative estimate of drug-likeness (QED) is 0.370. The summed E-state index contributed by atoms with van der Waals surface area (Å²) in [4.78, 5) is 7.12. The average molecular weight is 463 g/mol. The molecule has 1 aliphatic heterocycles. The van der Waals surface area contributed by atoms with E-state index in [1.807, 2.05) is 24.3 Å². The molecule has 3 aromatic carbocycles. The molecule has 0 N–H and O–H groups in total. The predicted octanol–water partition coefficient (Wildman–Crippen LogP) is 6.94. The number of benzene rings is 3. The van der Waals surface area contributed by atoms with E-state index in [0.29, 0.717) is 29.2 Å². The Kier molecular flexibility index (Phi) is 6.74. The number of hydrogen-bond acceptors (Lipinski definition) is 3. The van der Waals surface area contributed by atoms with Crippen LogP contribution in [0.3, 0.4) is 0 Å². The third kappa shape index (κ3) is 4.63. The Balaban J connectivity index is 1.73. The Morgan fingerprint density at radius 3 is 2.59 bits per heavy atom. The Morgan fingerprint density at radius 1 is 1.09 bits per heavy atom. The third-order valence-electron chi connectivity index (χ3n) is 5.53. The van der Waals surface area contributed by atoms with Crippen LogP contribution in [0.5, 0.6) is 5.75 Å². The van der Waals surface area contributed by atoms with E-state index in [0.717, 1.165) is 33.8 Å². The lowest BCUT2D eigenvalue weighted by atomic mass is 9.95. The standard InChI is InChI=1S/C27H24Cl2N2O/c1-4-14-32-22-12-13-25-23(15-22)27(20-10-8-19(9-11-20)18(2)3)30-17-31(25)16-21-6-5-7-24(28)26(21)29/h1,5-13,15,18H,14,16-17H2,2-3H3. The van der Waals surface area contributed by atoms with Crippen LogP contribution in [0.25, 0.3) is 0 Å². The summed E-state index contributed by atoms with van der Waals surface area (Å²) in [6.07, 6.45) is 5.38. The van der Waals surface area contributed by atoms with Crippen molar-refractivity contribution in [2.45, 2.75) is 26.3 Å². The van der Waals surface area contributed by atoms with E-state index in [9.17, 15) is 0 Å². The molecule has 5 heteroatoms. The Hall–Kier alpha value is -2.93. The maximum absolute atomic E-state index is 6.45. The number of nitrogens with zero attached hydrogens (tertiary/aromatic N) is 2. The molecule has 0 aromatic heterocycles. The highest BCUT2D eigenvalue weighted by Gasteiger charge is 2.23. The van der Waals surface area contributed by atoms with Crippen molar-refractivity contribution in [3.05, 3.63) is 93.0 Å². The van der Waals surface area contributed by atoms with E-state index >= 15 is 0 Å². The highest BCUT2D eigenvalue weighted by molar-refractivity contribution is 6.42. The van der Waals surface area contributed by atoms with E-state index in [4.69, 9.17) is 39.4 Å². The van der Waals surface area contributed by atoms with Crippen molar-refractivity contribution in [3.8, 4) is 18.1 Å². The zero-order chi connectivity index (χ0) is 22.7. The summed E-state index contributed by atoms with van der Waals surface area (Å²) >= 11 is 12.7. The van der Waals surface area contributed by atoms with Gasteiger partial charge in [-0.05, 0) is 41.3 Å². The lowest BCUT2D eigenvalue weighted by molar-refractivity contribution is 0.370. The normalized spacial score (nSPS) is 12.9. The minimum atomic E-state index is 0.218. The summed E-state index contributed by atoms with van der Waals surface area (Å²) in [5.41, 5.74) is 6.33. The van der Waals surface area contributed by atoms with E-state index < -0.39 is 0 Å². The summed E-state index contributed by atoms with van der Waals surface area (Å²) in [6, 6.07) is 20.3. The number of aliphatic imine (C=N–C) groups is 1. The van der Waals surface area contributed by atoms with Gasteiger partial charge in [0.05, 0.1) is 15.8 Å². The fourth-order valence-electron chi connectivity index (χ4n) is 3.80. The van der Waals surface area contributed by atoms with Crippen LogP contribution >= 0.6 is 23.2 Å². The molecule has 0 atom stereocenters. The molecule has 1 heterocycles. The molecule has 3 aromatic rings. The number of terminal acetylenes is 1. The molecule has 1 aliphatic rings. The molecule has 162 valence electrons. The van der Waals surface area contributed by atoms with Crippen molar-refractivity contribution < 1.29 is 4.74 Å². The first-order chi connectivity index (χ1) is 15.5. The van der Waals surface area contributed by atoms with Crippen LogP contribution in [-0.4, -0.2) is 19.0 Å². The highest BCUT2D eigenvalue weighted by atomic mass is 35.5. The van der Waals surface area contributed by atoms with E-state index in [2.05, 4.69) is 55.0 Å². The predicted molar refractivity (Wildman–Crippen MR) is 134 cm³/mol. The Morgan fingerprint density at radius 2 is 1.88 bits per heavy atom. The first-order valence-corrected chi connectivity index (χ1v) is 11.3. The molecule has 0 unspecified atom stereocenters. The number of rotatable bonds is 6. The number of halogens is 2. The molecule has 0 amide bonds. The van der Waals surface area contributed by atoms with Crippen LogP contribution in [0.15, 0.2) is 65.7 Å². The van der Waals surface area contributed by atoms with Crippen molar-refractivity contribution in [1.29, 1.82) is 0 Å². The van der Waals surface area contributed by atoms with Crippen molar-refractivity contribution >= 4 is 34.6 Å². The first kappa shape index (κ1) is 22.3. The molecule has 0 saturated carbocycles. The molecule has 0 bridgehead atoms. The maximum Gasteiger partial charge on any atom is 0.148 e. The molecule has 3 nitrogen and oxygen atoms in total. The summed E-state index contributed by atoms with van der Waals surface area (Å²) in [6.45, 7) is 5.71. The number of hydrogen-bond donors (Lipinski definition) is 0. The second kappa shape index (κ2) is 9.69. The summed E-state index contributed by atoms with van der Waals surface area (Å²) in [5, 5.41) is 1.12. The highest BCUT2D eigenvalue weighted by Crippen LogP contribution is 2.34. The largest absolute Gasteiger partial charge is 0.481 e. The molecule has 0 spiro atoms. The van der Waals surface area contributed by atoms with Crippen LogP contribution in [0.2, 0.25) is 10.0 Å². The zero-order valence-electron chi connectivity index (χ0n) is 18.1. The summed E-state index contributed by atoms with van der Waals surface area (Å²) < 4.78 is 5.70. The number of ether oxygens (including phenoxy) is 1. The van der Waals surface area contributed by atoms with Crippen LogP contribution in [0, 0.1) is 12.3 Å². The molecular formula is C27H24Cl2N2O. The Labute approximate surface area is 199 Å². The van der Waals surface area contributed by atoms with Gasteiger partial charge in [0.15, 0.2) is 0 Å². The molecule has 32 heavy (non-hydrogen) atoms. The van der Waals surface area contributed by atoms with Gasteiger partial charge >= 0.3 is 0 Å². The lowest BCUT2D eigenvalue weighted by Gasteiger charge is -2.31. The monoisotopic (exact) mass is 462 g/mol. The minimum absolute atomic E-state index is 0.218. The smallest absolute Gasteiger partial charge is 0.148 e. The fourth-order valence-corrected chi connectivity index (χ4v) is 4.18. The van der Waals surface area contributed by atoms with Crippen LogP contribution in [-0.2, 0) is 6.54 Å². The topological polar surface area (TPSA) is 24.8 Å². The summed E-state index contributed by atoms with van der Waals surface area (Å²) in [7, 11) is 0. The average Bonchev–Trinajstić information content (AvgIpc) is 2.80. The lowest BCUT2D eigenvalue weighted by Crippen LogP contribution is -2.30. The van der Waals surface area contributed by atoms with Crippen LogP contribution in [0.4, 0.5) is 5.69 Å². The molecule has 0 fully saturated rings. The van der Waals surface area contributed by atoms with Gasteiger partial charge in [-0.2, -0.15) is 0 Å². The van der Waals surface area contributed by atoms with Gasteiger partial charge in [0.2, 0.25) is 0 Å². The minimum Gasteiger partial charge on any atom is -0.481 e. The molecule has 0 radical (unpaired) electrons. The second-order valence-electron chi connectivity index (χ2n) is 8.01. The number of fused-ring (bicyclic) bond motifs is 1. The van der Waals surface area contributed by atoms with Gasteiger partial charge in [0.1, 0.15) is 19.0 Å². The number of anilines is 1. The summed E-state index contributed by atoms with van der Waals surface area (Å²) in [5.74, 6) is 3.72. The molecule has 0 saturated heterocycles. The van der Waals surface area contributed by atoms with Crippen molar-refractivity contribution in [2.24, 2.45) is 4.99 Å². The van der Waals surface area contributed by atoms with Crippen molar-refractivity contribution in [2.75, 3.05) is 18.2 Å².